The van der Waals surface area contributed by atoms with Gasteiger partial charge in [0, 0.05) is 26.1 Å². The van der Waals surface area contributed by atoms with Crippen LogP contribution in [0.3, 0.4) is 0 Å². The Morgan fingerprint density at radius 2 is 2.05 bits per heavy atom. The van der Waals surface area contributed by atoms with Crippen LogP contribution < -0.4 is 5.32 Å². The number of carbonyl (C=O) groups excluding carboxylic acids is 2. The molecule has 1 aromatic carbocycles. The molecule has 0 bridgehead atoms. The van der Waals surface area contributed by atoms with Crippen LogP contribution >= 0.6 is 0 Å². The Bertz CT molecular complexity index is 528. The molecule has 1 heterocycles. The van der Waals surface area contributed by atoms with Gasteiger partial charge in [-0.3, -0.25) is 9.59 Å². The summed E-state index contributed by atoms with van der Waals surface area (Å²) in [7, 11) is 0. The molecule has 114 valence electrons. The second-order valence-corrected chi connectivity index (χ2v) is 4.98. The number of ether oxygens (including phenoxy) is 1. The van der Waals surface area contributed by atoms with Crippen LogP contribution in [0.1, 0.15) is 22.3 Å². The van der Waals surface area contributed by atoms with Crippen LogP contribution in [0, 0.1) is 12.7 Å². The number of halogens is 1. The molecule has 1 aromatic rings. The molecule has 21 heavy (non-hydrogen) atoms. The third-order valence-electron chi connectivity index (χ3n) is 3.35. The molecular formula is C15H19FN2O3. The number of hydrogen-bond donors (Lipinski definition) is 1. The van der Waals surface area contributed by atoms with Gasteiger partial charge in [0.25, 0.3) is 5.91 Å². The summed E-state index contributed by atoms with van der Waals surface area (Å²) in [6.07, 6.45) is 0.208. The molecule has 0 aliphatic carbocycles. The monoisotopic (exact) mass is 294 g/mol. The lowest BCUT2D eigenvalue weighted by Crippen LogP contribution is -2.42. The standard InChI is InChI=1S/C15H19FN2O3/c1-11-2-3-13(16)12(10-11)15(20)17-5-4-14(19)18-6-8-21-9-7-18/h2-3,10H,4-9H2,1H3,(H,17,20). The molecule has 2 amide bonds. The van der Waals surface area contributed by atoms with E-state index in [9.17, 15) is 14.0 Å². The summed E-state index contributed by atoms with van der Waals surface area (Å²) in [5.74, 6) is -1.08. The number of nitrogens with one attached hydrogen (secondary N) is 1. The van der Waals surface area contributed by atoms with Gasteiger partial charge in [-0.15, -0.1) is 0 Å². The van der Waals surface area contributed by atoms with E-state index >= 15 is 0 Å². The molecule has 1 saturated heterocycles. The molecule has 1 aliphatic rings. The van der Waals surface area contributed by atoms with Gasteiger partial charge >= 0.3 is 0 Å². The van der Waals surface area contributed by atoms with Gasteiger partial charge in [0.15, 0.2) is 0 Å². The van der Waals surface area contributed by atoms with Crippen molar-refractivity contribution in [1.82, 2.24) is 10.2 Å². The Morgan fingerprint density at radius 3 is 2.76 bits per heavy atom. The topological polar surface area (TPSA) is 58.6 Å². The summed E-state index contributed by atoms with van der Waals surface area (Å²) in [5, 5.41) is 2.58. The first-order chi connectivity index (χ1) is 10.1. The zero-order chi connectivity index (χ0) is 15.2. The molecule has 0 unspecified atom stereocenters. The largest absolute Gasteiger partial charge is 0.378 e. The van der Waals surface area contributed by atoms with Gasteiger partial charge in [0.05, 0.1) is 18.8 Å². The molecular weight excluding hydrogens is 275 g/mol. The Morgan fingerprint density at radius 1 is 1.33 bits per heavy atom. The first-order valence-electron chi connectivity index (χ1n) is 6.98. The molecule has 1 N–H and O–H groups in total. The lowest BCUT2D eigenvalue weighted by atomic mass is 10.1. The predicted molar refractivity (Wildman–Crippen MR) is 75.5 cm³/mol. The number of rotatable bonds is 4. The Labute approximate surface area is 123 Å². The molecule has 2 rings (SSSR count). The van der Waals surface area contributed by atoms with E-state index < -0.39 is 11.7 Å². The second-order valence-electron chi connectivity index (χ2n) is 4.98. The van der Waals surface area contributed by atoms with Gasteiger partial charge in [0.1, 0.15) is 5.82 Å². The maximum atomic E-state index is 13.5. The number of benzene rings is 1. The highest BCUT2D eigenvalue weighted by Crippen LogP contribution is 2.09. The number of amides is 2. The van der Waals surface area contributed by atoms with Crippen molar-refractivity contribution in [2.24, 2.45) is 0 Å². The summed E-state index contributed by atoms with van der Waals surface area (Å²) in [6, 6.07) is 4.37. The van der Waals surface area contributed by atoms with Crippen molar-refractivity contribution in [3.63, 3.8) is 0 Å². The van der Waals surface area contributed by atoms with Crippen LogP contribution in [0.25, 0.3) is 0 Å². The van der Waals surface area contributed by atoms with E-state index in [1.54, 1.807) is 17.9 Å². The molecule has 0 aromatic heterocycles. The number of nitrogens with zero attached hydrogens (tertiary/aromatic N) is 1. The molecule has 0 atom stereocenters. The van der Waals surface area contributed by atoms with Crippen LogP contribution in [-0.4, -0.2) is 49.6 Å². The Hall–Kier alpha value is -1.95. The number of morpholine rings is 1. The van der Waals surface area contributed by atoms with Crippen LogP contribution in [0.4, 0.5) is 4.39 Å². The van der Waals surface area contributed by atoms with E-state index in [0.29, 0.717) is 26.3 Å². The summed E-state index contributed by atoms with van der Waals surface area (Å²) in [5.41, 5.74) is 0.819. The third-order valence-corrected chi connectivity index (χ3v) is 3.35. The fourth-order valence-corrected chi connectivity index (χ4v) is 2.16. The van der Waals surface area contributed by atoms with Gasteiger partial charge in [0.2, 0.25) is 5.91 Å². The highest BCUT2D eigenvalue weighted by molar-refractivity contribution is 5.94. The third kappa shape index (κ3) is 4.26. The van der Waals surface area contributed by atoms with Gasteiger partial charge < -0.3 is 15.0 Å². The Balaban J connectivity index is 1.81. The zero-order valence-electron chi connectivity index (χ0n) is 12.0. The van der Waals surface area contributed by atoms with E-state index in [1.807, 2.05) is 0 Å². The fraction of sp³-hybridized carbons (Fsp3) is 0.467. The lowest BCUT2D eigenvalue weighted by molar-refractivity contribution is -0.135. The minimum atomic E-state index is -0.558. The predicted octanol–water partition coefficient (Wildman–Crippen LogP) is 1.11. The van der Waals surface area contributed by atoms with Gasteiger partial charge in [-0.1, -0.05) is 11.6 Å². The average molecular weight is 294 g/mol. The zero-order valence-corrected chi connectivity index (χ0v) is 12.0. The molecule has 0 saturated carbocycles. The number of hydrogen-bond acceptors (Lipinski definition) is 3. The minimum absolute atomic E-state index is 0.00817. The van der Waals surface area contributed by atoms with Gasteiger partial charge in [-0.05, 0) is 19.1 Å². The maximum Gasteiger partial charge on any atom is 0.254 e. The van der Waals surface area contributed by atoms with E-state index in [1.165, 1.54) is 12.1 Å². The van der Waals surface area contributed by atoms with Crippen LogP contribution in [0.15, 0.2) is 18.2 Å². The number of carbonyl (C=O) groups is 2. The first-order valence-corrected chi connectivity index (χ1v) is 6.98. The van der Waals surface area contributed by atoms with Crippen LogP contribution in [0.2, 0.25) is 0 Å². The van der Waals surface area contributed by atoms with Crippen LogP contribution in [0.5, 0.6) is 0 Å². The SMILES string of the molecule is Cc1ccc(F)c(C(=O)NCCC(=O)N2CCOCC2)c1. The van der Waals surface area contributed by atoms with Gasteiger partial charge in [-0.25, -0.2) is 4.39 Å². The first kappa shape index (κ1) is 15.4. The minimum Gasteiger partial charge on any atom is -0.378 e. The average Bonchev–Trinajstić information content (AvgIpc) is 2.50. The fourth-order valence-electron chi connectivity index (χ4n) is 2.16. The summed E-state index contributed by atoms with van der Waals surface area (Å²) in [6.45, 7) is 4.25. The Kier molecular flexibility index (Phi) is 5.27. The molecule has 5 nitrogen and oxygen atoms in total. The van der Waals surface area contributed by atoms with Crippen molar-refractivity contribution in [2.45, 2.75) is 13.3 Å². The normalized spacial score (nSPS) is 14.9. The molecule has 6 heteroatoms. The van der Waals surface area contributed by atoms with Crippen LogP contribution in [-0.2, 0) is 9.53 Å². The molecule has 1 fully saturated rings. The molecule has 0 spiro atoms. The molecule has 0 radical (unpaired) electrons. The second kappa shape index (κ2) is 7.17. The smallest absolute Gasteiger partial charge is 0.254 e. The highest BCUT2D eigenvalue weighted by Gasteiger charge is 2.17. The van der Waals surface area contributed by atoms with E-state index in [2.05, 4.69) is 5.32 Å². The van der Waals surface area contributed by atoms with E-state index in [0.717, 1.165) is 5.56 Å². The lowest BCUT2D eigenvalue weighted by Gasteiger charge is -2.26. The molecule has 1 aliphatic heterocycles. The van der Waals surface area contributed by atoms with Crippen molar-refractivity contribution in [3.05, 3.63) is 35.1 Å². The highest BCUT2D eigenvalue weighted by atomic mass is 19.1. The van der Waals surface area contributed by atoms with Gasteiger partial charge in [-0.2, -0.15) is 0 Å². The van der Waals surface area contributed by atoms with Crippen molar-refractivity contribution in [2.75, 3.05) is 32.8 Å². The van der Waals surface area contributed by atoms with Crippen molar-refractivity contribution in [3.8, 4) is 0 Å². The quantitative estimate of drug-likeness (QED) is 0.905. The van der Waals surface area contributed by atoms with E-state index in [-0.39, 0.29) is 24.4 Å². The van der Waals surface area contributed by atoms with Crippen molar-refractivity contribution >= 4 is 11.8 Å². The van der Waals surface area contributed by atoms with E-state index in [4.69, 9.17) is 4.74 Å². The number of aryl methyl sites for hydroxylation is 1. The van der Waals surface area contributed by atoms with Crippen molar-refractivity contribution in [1.29, 1.82) is 0 Å². The van der Waals surface area contributed by atoms with Crippen molar-refractivity contribution < 1.29 is 18.7 Å². The maximum absolute atomic E-state index is 13.5. The summed E-state index contributed by atoms with van der Waals surface area (Å²) in [4.78, 5) is 25.5. The summed E-state index contributed by atoms with van der Waals surface area (Å²) >= 11 is 0. The summed E-state index contributed by atoms with van der Waals surface area (Å²) < 4.78 is 18.7.